The summed E-state index contributed by atoms with van der Waals surface area (Å²) in [6.07, 6.45) is 1.85. The van der Waals surface area contributed by atoms with E-state index in [9.17, 15) is 5.26 Å². The molecule has 0 spiro atoms. The molecule has 0 N–H and O–H groups in total. The molecule has 1 aromatic heterocycles. The smallest absolute Gasteiger partial charge is 0.134 e. The maximum atomic E-state index is 9.50. The van der Waals surface area contributed by atoms with Crippen molar-refractivity contribution in [3.63, 3.8) is 0 Å². The van der Waals surface area contributed by atoms with E-state index in [0.717, 1.165) is 27.0 Å². The minimum atomic E-state index is 0.548. The number of ether oxygens (including phenoxy) is 1. The standard InChI is InChI=1S/C19H13BrN2OS/c1-23-16-8-6-13(7-9-16)18-12-24-19(22-18)15(11-21)10-14-4-2-3-5-17(14)20/h2-10,12H,1H3/b15-10+. The first-order valence-electron chi connectivity index (χ1n) is 7.18. The van der Waals surface area contributed by atoms with E-state index in [1.165, 1.54) is 11.3 Å². The molecule has 3 rings (SSSR count). The average molecular weight is 397 g/mol. The van der Waals surface area contributed by atoms with E-state index >= 15 is 0 Å². The summed E-state index contributed by atoms with van der Waals surface area (Å²) in [6, 6.07) is 17.8. The number of aromatic nitrogens is 1. The van der Waals surface area contributed by atoms with Gasteiger partial charge in [-0.1, -0.05) is 34.1 Å². The maximum Gasteiger partial charge on any atom is 0.134 e. The van der Waals surface area contributed by atoms with Gasteiger partial charge in [-0.25, -0.2) is 4.98 Å². The lowest BCUT2D eigenvalue weighted by Gasteiger charge is -2.00. The number of nitriles is 1. The highest BCUT2D eigenvalue weighted by molar-refractivity contribution is 9.10. The van der Waals surface area contributed by atoms with Crippen molar-refractivity contribution in [1.82, 2.24) is 4.98 Å². The van der Waals surface area contributed by atoms with Crippen LogP contribution in [0.1, 0.15) is 10.6 Å². The number of methoxy groups -OCH3 is 1. The fourth-order valence-corrected chi connectivity index (χ4v) is 3.38. The molecule has 3 nitrogen and oxygen atoms in total. The fourth-order valence-electron chi connectivity index (χ4n) is 2.18. The van der Waals surface area contributed by atoms with Crippen molar-refractivity contribution in [3.8, 4) is 23.1 Å². The molecule has 1 heterocycles. The van der Waals surface area contributed by atoms with Crippen LogP contribution >= 0.6 is 27.3 Å². The van der Waals surface area contributed by atoms with E-state index in [0.29, 0.717) is 10.6 Å². The number of hydrogen-bond acceptors (Lipinski definition) is 4. The first-order valence-corrected chi connectivity index (χ1v) is 8.85. The van der Waals surface area contributed by atoms with Crippen molar-refractivity contribution in [2.45, 2.75) is 0 Å². The van der Waals surface area contributed by atoms with E-state index in [1.54, 1.807) is 7.11 Å². The van der Waals surface area contributed by atoms with Crippen LogP contribution in [0.25, 0.3) is 22.9 Å². The lowest BCUT2D eigenvalue weighted by atomic mass is 10.1. The van der Waals surface area contributed by atoms with Gasteiger partial charge in [0.1, 0.15) is 16.8 Å². The van der Waals surface area contributed by atoms with Gasteiger partial charge in [-0.05, 0) is 42.0 Å². The first kappa shape index (κ1) is 16.4. The average Bonchev–Trinajstić information content (AvgIpc) is 3.11. The van der Waals surface area contributed by atoms with Crippen LogP contribution < -0.4 is 4.74 Å². The zero-order valence-electron chi connectivity index (χ0n) is 12.9. The molecule has 24 heavy (non-hydrogen) atoms. The Kier molecular flexibility index (Phi) is 5.09. The van der Waals surface area contributed by atoms with E-state index in [2.05, 4.69) is 27.0 Å². The van der Waals surface area contributed by atoms with Gasteiger partial charge in [0.15, 0.2) is 0 Å². The number of rotatable bonds is 4. The van der Waals surface area contributed by atoms with Gasteiger partial charge in [0.2, 0.25) is 0 Å². The summed E-state index contributed by atoms with van der Waals surface area (Å²) < 4.78 is 6.12. The lowest BCUT2D eigenvalue weighted by Crippen LogP contribution is -1.85. The highest BCUT2D eigenvalue weighted by atomic mass is 79.9. The number of halogens is 1. The Labute approximate surface area is 153 Å². The summed E-state index contributed by atoms with van der Waals surface area (Å²) in [5.41, 5.74) is 3.35. The molecule has 0 saturated heterocycles. The molecule has 0 fully saturated rings. The van der Waals surface area contributed by atoms with Crippen LogP contribution in [0.2, 0.25) is 0 Å². The van der Waals surface area contributed by atoms with E-state index in [-0.39, 0.29) is 0 Å². The summed E-state index contributed by atoms with van der Waals surface area (Å²) in [5, 5.41) is 12.2. The minimum absolute atomic E-state index is 0.548. The zero-order valence-corrected chi connectivity index (χ0v) is 15.3. The number of nitrogens with zero attached hydrogens (tertiary/aromatic N) is 2. The van der Waals surface area contributed by atoms with Crippen molar-refractivity contribution in [2.75, 3.05) is 7.11 Å². The molecule has 0 unspecified atom stereocenters. The zero-order chi connectivity index (χ0) is 16.9. The van der Waals surface area contributed by atoms with Gasteiger partial charge >= 0.3 is 0 Å². The number of hydrogen-bond donors (Lipinski definition) is 0. The minimum Gasteiger partial charge on any atom is -0.497 e. The third-order valence-corrected chi connectivity index (χ3v) is 5.04. The number of allylic oxidation sites excluding steroid dienone is 1. The molecule has 0 bridgehead atoms. The van der Waals surface area contributed by atoms with E-state index in [4.69, 9.17) is 4.74 Å². The van der Waals surface area contributed by atoms with Crippen molar-refractivity contribution in [2.24, 2.45) is 0 Å². The van der Waals surface area contributed by atoms with Gasteiger partial charge in [0.25, 0.3) is 0 Å². The fraction of sp³-hybridized carbons (Fsp3) is 0.0526. The van der Waals surface area contributed by atoms with Crippen molar-refractivity contribution < 1.29 is 4.74 Å². The van der Waals surface area contributed by atoms with Crippen LogP contribution in [-0.2, 0) is 0 Å². The second kappa shape index (κ2) is 7.43. The predicted molar refractivity (Wildman–Crippen MR) is 102 cm³/mol. The summed E-state index contributed by atoms with van der Waals surface area (Å²) in [7, 11) is 1.64. The van der Waals surface area contributed by atoms with Crippen LogP contribution in [0.5, 0.6) is 5.75 Å². The molecule has 118 valence electrons. The SMILES string of the molecule is COc1ccc(-c2csc(/C(C#N)=C/c3ccccc3Br)n2)cc1. The van der Waals surface area contributed by atoms with Gasteiger partial charge in [-0.15, -0.1) is 11.3 Å². The highest BCUT2D eigenvalue weighted by Gasteiger charge is 2.10. The first-order chi connectivity index (χ1) is 11.7. The molecule has 2 aromatic carbocycles. The van der Waals surface area contributed by atoms with Crippen LogP contribution in [0.4, 0.5) is 0 Å². The van der Waals surface area contributed by atoms with E-state index in [1.807, 2.05) is 60.0 Å². The lowest BCUT2D eigenvalue weighted by molar-refractivity contribution is 0.415. The molecule has 5 heteroatoms. The molecule has 0 atom stereocenters. The summed E-state index contributed by atoms with van der Waals surface area (Å²) in [5.74, 6) is 0.806. The number of thiazole rings is 1. The normalized spacial score (nSPS) is 11.1. The maximum absolute atomic E-state index is 9.50. The second-order valence-electron chi connectivity index (χ2n) is 4.96. The summed E-state index contributed by atoms with van der Waals surface area (Å²) in [4.78, 5) is 4.60. The Morgan fingerprint density at radius 3 is 2.62 bits per heavy atom. The Bertz CT molecular complexity index is 923. The Balaban J connectivity index is 1.93. The van der Waals surface area contributed by atoms with Gasteiger partial charge in [0.05, 0.1) is 18.4 Å². The van der Waals surface area contributed by atoms with Gasteiger partial charge < -0.3 is 4.74 Å². The molecular weight excluding hydrogens is 384 g/mol. The van der Waals surface area contributed by atoms with Crippen molar-refractivity contribution in [1.29, 1.82) is 5.26 Å². The predicted octanol–water partition coefficient (Wildman–Crippen LogP) is 5.65. The molecule has 0 aliphatic carbocycles. The summed E-state index contributed by atoms with van der Waals surface area (Å²) >= 11 is 4.96. The monoisotopic (exact) mass is 396 g/mol. The molecule has 0 amide bonds. The quantitative estimate of drug-likeness (QED) is 0.535. The van der Waals surface area contributed by atoms with E-state index < -0.39 is 0 Å². The third-order valence-electron chi connectivity index (χ3n) is 3.45. The Morgan fingerprint density at radius 1 is 1.21 bits per heavy atom. The Hall–Kier alpha value is -2.42. The Morgan fingerprint density at radius 2 is 1.96 bits per heavy atom. The van der Waals surface area contributed by atoms with Crippen LogP contribution in [0, 0.1) is 11.3 Å². The topological polar surface area (TPSA) is 45.9 Å². The van der Waals surface area contributed by atoms with Gasteiger partial charge in [0, 0.05) is 15.4 Å². The van der Waals surface area contributed by atoms with Crippen molar-refractivity contribution in [3.05, 3.63) is 69.0 Å². The van der Waals surface area contributed by atoms with Gasteiger partial charge in [-0.2, -0.15) is 5.26 Å². The van der Waals surface area contributed by atoms with Crippen molar-refractivity contribution >= 4 is 38.9 Å². The molecule has 3 aromatic rings. The molecule has 0 aliphatic heterocycles. The van der Waals surface area contributed by atoms with Crippen LogP contribution in [-0.4, -0.2) is 12.1 Å². The summed E-state index contributed by atoms with van der Waals surface area (Å²) in [6.45, 7) is 0. The van der Waals surface area contributed by atoms with Gasteiger partial charge in [-0.3, -0.25) is 0 Å². The third kappa shape index (κ3) is 3.56. The molecule has 0 saturated carbocycles. The highest BCUT2D eigenvalue weighted by Crippen LogP contribution is 2.29. The van der Waals surface area contributed by atoms with Crippen LogP contribution in [0.3, 0.4) is 0 Å². The second-order valence-corrected chi connectivity index (χ2v) is 6.67. The van der Waals surface area contributed by atoms with Crippen LogP contribution in [0.15, 0.2) is 58.4 Å². The molecular formula is C19H13BrN2OS. The number of benzene rings is 2. The molecule has 0 radical (unpaired) electrons. The largest absolute Gasteiger partial charge is 0.497 e. The molecule has 0 aliphatic rings.